The molecule has 3 heteroatoms. The quantitative estimate of drug-likeness (QED) is 0.820. The van der Waals surface area contributed by atoms with Gasteiger partial charge in [0.1, 0.15) is 0 Å². The first-order chi connectivity index (χ1) is 8.25. The Morgan fingerprint density at radius 2 is 2.00 bits per heavy atom. The Morgan fingerprint density at radius 1 is 1.24 bits per heavy atom. The lowest BCUT2D eigenvalue weighted by atomic mass is 10.1. The molecule has 0 bridgehead atoms. The number of hydrogen-bond acceptors (Lipinski definition) is 3. The van der Waals surface area contributed by atoms with Gasteiger partial charge in [0.15, 0.2) is 0 Å². The number of rotatable bonds is 4. The van der Waals surface area contributed by atoms with E-state index in [1.165, 1.54) is 16.7 Å². The van der Waals surface area contributed by atoms with Crippen LogP contribution >= 0.6 is 0 Å². The molecule has 0 atom stereocenters. The summed E-state index contributed by atoms with van der Waals surface area (Å²) in [5.41, 5.74) is 4.14. The monoisotopic (exact) mass is 233 g/mol. The normalized spacial score (nSPS) is 17.3. The SMILES string of the molecule is Cc1ccc(C)c(CNCN2CCNCC2)c1. The van der Waals surface area contributed by atoms with Crippen LogP contribution in [0.4, 0.5) is 0 Å². The minimum Gasteiger partial charge on any atom is -0.314 e. The summed E-state index contributed by atoms with van der Waals surface area (Å²) in [6, 6.07) is 6.66. The third-order valence-electron chi connectivity index (χ3n) is 3.37. The highest BCUT2D eigenvalue weighted by Gasteiger charge is 2.08. The van der Waals surface area contributed by atoms with Crippen LogP contribution in [-0.4, -0.2) is 37.7 Å². The van der Waals surface area contributed by atoms with Crippen molar-refractivity contribution in [1.29, 1.82) is 0 Å². The molecule has 94 valence electrons. The summed E-state index contributed by atoms with van der Waals surface area (Å²) in [7, 11) is 0. The van der Waals surface area contributed by atoms with Gasteiger partial charge in [-0.3, -0.25) is 4.90 Å². The Morgan fingerprint density at radius 3 is 2.76 bits per heavy atom. The highest BCUT2D eigenvalue weighted by atomic mass is 15.2. The minimum atomic E-state index is 0.970. The van der Waals surface area contributed by atoms with E-state index in [2.05, 4.69) is 47.6 Å². The summed E-state index contributed by atoms with van der Waals surface area (Å²) in [5.74, 6) is 0. The van der Waals surface area contributed by atoms with Crippen molar-refractivity contribution in [3.63, 3.8) is 0 Å². The third-order valence-corrected chi connectivity index (χ3v) is 3.37. The van der Waals surface area contributed by atoms with E-state index >= 15 is 0 Å². The molecule has 2 N–H and O–H groups in total. The Balaban J connectivity index is 1.79. The van der Waals surface area contributed by atoms with Crippen LogP contribution in [0.15, 0.2) is 18.2 Å². The number of hydrogen-bond donors (Lipinski definition) is 2. The molecule has 1 saturated heterocycles. The predicted molar refractivity (Wildman–Crippen MR) is 72.1 cm³/mol. The Labute approximate surface area is 104 Å². The van der Waals surface area contributed by atoms with Gasteiger partial charge in [-0.25, -0.2) is 0 Å². The van der Waals surface area contributed by atoms with Gasteiger partial charge in [0.2, 0.25) is 0 Å². The van der Waals surface area contributed by atoms with E-state index in [1.807, 2.05) is 0 Å². The smallest absolute Gasteiger partial charge is 0.0484 e. The van der Waals surface area contributed by atoms with Gasteiger partial charge in [0, 0.05) is 39.4 Å². The molecule has 0 saturated carbocycles. The first kappa shape index (κ1) is 12.6. The first-order valence-electron chi connectivity index (χ1n) is 6.45. The van der Waals surface area contributed by atoms with Crippen molar-refractivity contribution in [2.45, 2.75) is 20.4 Å². The maximum atomic E-state index is 3.54. The molecule has 0 unspecified atom stereocenters. The van der Waals surface area contributed by atoms with Gasteiger partial charge < -0.3 is 10.6 Å². The van der Waals surface area contributed by atoms with Crippen LogP contribution in [-0.2, 0) is 6.54 Å². The van der Waals surface area contributed by atoms with E-state index in [1.54, 1.807) is 0 Å². The van der Waals surface area contributed by atoms with Gasteiger partial charge in [-0.2, -0.15) is 0 Å². The molecule has 0 amide bonds. The first-order valence-corrected chi connectivity index (χ1v) is 6.45. The van der Waals surface area contributed by atoms with E-state index in [4.69, 9.17) is 0 Å². The van der Waals surface area contributed by atoms with Crippen LogP contribution in [0.5, 0.6) is 0 Å². The van der Waals surface area contributed by atoms with Gasteiger partial charge in [0.25, 0.3) is 0 Å². The Kier molecular flexibility index (Phi) is 4.54. The summed E-state index contributed by atoms with van der Waals surface area (Å²) >= 11 is 0. The lowest BCUT2D eigenvalue weighted by Gasteiger charge is -2.27. The molecule has 0 aromatic heterocycles. The minimum absolute atomic E-state index is 0.970. The predicted octanol–water partition coefficient (Wildman–Crippen LogP) is 1.26. The van der Waals surface area contributed by atoms with E-state index in [-0.39, 0.29) is 0 Å². The van der Waals surface area contributed by atoms with Gasteiger partial charge in [-0.05, 0) is 25.0 Å². The molecule has 1 aromatic rings. The van der Waals surface area contributed by atoms with Crippen LogP contribution in [0, 0.1) is 13.8 Å². The highest BCUT2D eigenvalue weighted by Crippen LogP contribution is 2.10. The number of nitrogens with one attached hydrogen (secondary N) is 2. The van der Waals surface area contributed by atoms with Crippen LogP contribution in [0.2, 0.25) is 0 Å². The Bertz CT molecular complexity index is 356. The number of piperazine rings is 1. The lowest BCUT2D eigenvalue weighted by molar-refractivity contribution is 0.223. The molecular formula is C14H23N3. The average molecular weight is 233 g/mol. The molecule has 0 radical (unpaired) electrons. The zero-order valence-electron chi connectivity index (χ0n) is 10.9. The summed E-state index contributed by atoms with van der Waals surface area (Å²) in [5, 5.41) is 6.91. The van der Waals surface area contributed by atoms with Crippen molar-refractivity contribution in [3.05, 3.63) is 34.9 Å². The molecular weight excluding hydrogens is 210 g/mol. The topological polar surface area (TPSA) is 27.3 Å². The largest absolute Gasteiger partial charge is 0.314 e. The molecule has 1 aliphatic heterocycles. The summed E-state index contributed by atoms with van der Waals surface area (Å²) < 4.78 is 0. The van der Waals surface area contributed by atoms with E-state index in [0.717, 1.165) is 39.4 Å². The van der Waals surface area contributed by atoms with Crippen molar-refractivity contribution in [3.8, 4) is 0 Å². The fourth-order valence-corrected chi connectivity index (χ4v) is 2.21. The zero-order valence-corrected chi connectivity index (χ0v) is 10.9. The molecule has 2 rings (SSSR count). The number of nitrogens with zero attached hydrogens (tertiary/aromatic N) is 1. The van der Waals surface area contributed by atoms with E-state index in [0.29, 0.717) is 0 Å². The van der Waals surface area contributed by atoms with Gasteiger partial charge in [-0.1, -0.05) is 23.8 Å². The molecule has 1 aromatic carbocycles. The molecule has 17 heavy (non-hydrogen) atoms. The summed E-state index contributed by atoms with van der Waals surface area (Å²) in [4.78, 5) is 2.46. The van der Waals surface area contributed by atoms with Crippen molar-refractivity contribution < 1.29 is 0 Å². The average Bonchev–Trinajstić information content (AvgIpc) is 2.35. The molecule has 1 aliphatic rings. The van der Waals surface area contributed by atoms with Crippen LogP contribution in [0.3, 0.4) is 0 Å². The fraction of sp³-hybridized carbons (Fsp3) is 0.571. The van der Waals surface area contributed by atoms with Crippen molar-refractivity contribution in [1.82, 2.24) is 15.5 Å². The van der Waals surface area contributed by atoms with Crippen molar-refractivity contribution >= 4 is 0 Å². The maximum absolute atomic E-state index is 3.54. The molecule has 3 nitrogen and oxygen atoms in total. The van der Waals surface area contributed by atoms with Gasteiger partial charge in [0.05, 0.1) is 0 Å². The number of aryl methyl sites for hydroxylation is 2. The van der Waals surface area contributed by atoms with Crippen molar-refractivity contribution in [2.24, 2.45) is 0 Å². The van der Waals surface area contributed by atoms with E-state index in [9.17, 15) is 0 Å². The van der Waals surface area contributed by atoms with Gasteiger partial charge >= 0.3 is 0 Å². The summed E-state index contributed by atoms with van der Waals surface area (Å²) in [6.07, 6.45) is 0. The second kappa shape index (κ2) is 6.15. The molecule has 1 fully saturated rings. The second-order valence-corrected chi connectivity index (χ2v) is 4.88. The van der Waals surface area contributed by atoms with Crippen LogP contribution in [0.25, 0.3) is 0 Å². The second-order valence-electron chi connectivity index (χ2n) is 4.88. The molecule has 0 aliphatic carbocycles. The molecule has 1 heterocycles. The van der Waals surface area contributed by atoms with E-state index < -0.39 is 0 Å². The standard InChI is InChI=1S/C14H23N3/c1-12-3-4-13(2)14(9-12)10-16-11-17-7-5-15-6-8-17/h3-4,9,15-16H,5-8,10-11H2,1-2H3. The Hall–Kier alpha value is -0.900. The number of benzene rings is 1. The summed E-state index contributed by atoms with van der Waals surface area (Å²) in [6.45, 7) is 10.8. The highest BCUT2D eigenvalue weighted by molar-refractivity contribution is 5.30. The third kappa shape index (κ3) is 3.80. The van der Waals surface area contributed by atoms with Crippen LogP contribution < -0.4 is 10.6 Å². The van der Waals surface area contributed by atoms with Gasteiger partial charge in [-0.15, -0.1) is 0 Å². The van der Waals surface area contributed by atoms with Crippen LogP contribution in [0.1, 0.15) is 16.7 Å². The fourth-order valence-electron chi connectivity index (χ4n) is 2.21. The maximum Gasteiger partial charge on any atom is 0.0484 e. The zero-order chi connectivity index (χ0) is 12.1. The lowest BCUT2D eigenvalue weighted by Crippen LogP contribution is -2.46. The molecule has 0 spiro atoms. The van der Waals surface area contributed by atoms with Crippen molar-refractivity contribution in [2.75, 3.05) is 32.8 Å².